The van der Waals surface area contributed by atoms with Crippen LogP contribution in [0.15, 0.2) is 11.2 Å². The minimum Gasteiger partial charge on any atom is -0.370 e. The van der Waals surface area contributed by atoms with Crippen molar-refractivity contribution in [2.75, 3.05) is 6.54 Å². The predicted octanol–water partition coefficient (Wildman–Crippen LogP) is 1.83. The molecule has 0 spiro atoms. The van der Waals surface area contributed by atoms with Gasteiger partial charge in [-0.25, -0.2) is 4.98 Å². The van der Waals surface area contributed by atoms with Crippen molar-refractivity contribution in [3.05, 3.63) is 16.1 Å². The molecule has 1 aromatic heterocycles. The molecule has 0 radical (unpaired) electrons. The Bertz CT molecular complexity index is 332. The molecule has 1 unspecified atom stereocenters. The van der Waals surface area contributed by atoms with Crippen LogP contribution in [0.1, 0.15) is 36.2 Å². The molecule has 0 aliphatic carbocycles. The highest BCUT2D eigenvalue weighted by Crippen LogP contribution is 2.18. The van der Waals surface area contributed by atoms with E-state index in [1.165, 1.54) is 4.88 Å². The fraction of sp³-hybridized carbons (Fsp3) is 0.600. The van der Waals surface area contributed by atoms with Gasteiger partial charge in [0.05, 0.1) is 6.04 Å². The second kappa shape index (κ2) is 5.70. The van der Waals surface area contributed by atoms with Crippen LogP contribution in [0, 0.1) is 6.92 Å². The van der Waals surface area contributed by atoms with Crippen molar-refractivity contribution in [1.29, 1.82) is 0 Å². The van der Waals surface area contributed by atoms with E-state index in [2.05, 4.69) is 22.2 Å². The number of nitrogens with two attached hydrogens (primary N) is 1. The highest BCUT2D eigenvalue weighted by atomic mass is 32.1. The van der Waals surface area contributed by atoms with Gasteiger partial charge in [0.2, 0.25) is 0 Å². The molecular weight excluding hydrogens is 208 g/mol. The maximum Gasteiger partial charge on any atom is 0.189 e. The first-order valence-electron chi connectivity index (χ1n) is 5.12. The van der Waals surface area contributed by atoms with Gasteiger partial charge in [0, 0.05) is 17.6 Å². The SMILES string of the molecule is CCCN=C(N)NC(C)c1ncc(C)s1. The average molecular weight is 226 g/mol. The Morgan fingerprint density at radius 1 is 1.73 bits per heavy atom. The zero-order valence-electron chi connectivity index (χ0n) is 9.45. The number of nitrogens with zero attached hydrogens (tertiary/aromatic N) is 2. The van der Waals surface area contributed by atoms with Gasteiger partial charge in [-0.05, 0) is 20.3 Å². The number of aliphatic imine (C=N–C) groups is 1. The van der Waals surface area contributed by atoms with Crippen molar-refractivity contribution < 1.29 is 0 Å². The van der Waals surface area contributed by atoms with E-state index in [1.807, 2.05) is 20.0 Å². The summed E-state index contributed by atoms with van der Waals surface area (Å²) in [5.41, 5.74) is 5.72. The maximum absolute atomic E-state index is 5.72. The van der Waals surface area contributed by atoms with Gasteiger partial charge in [-0.1, -0.05) is 6.92 Å². The monoisotopic (exact) mass is 226 g/mol. The standard InChI is InChI=1S/C10H18N4S/c1-4-5-12-10(11)14-8(3)9-13-6-7(2)15-9/h6,8H,4-5H2,1-3H3,(H3,11,12,14). The fourth-order valence-electron chi connectivity index (χ4n) is 1.13. The number of aromatic nitrogens is 1. The number of aryl methyl sites for hydroxylation is 1. The molecule has 84 valence electrons. The van der Waals surface area contributed by atoms with Crippen LogP contribution in [0.3, 0.4) is 0 Å². The molecule has 1 aromatic rings. The lowest BCUT2D eigenvalue weighted by Gasteiger charge is -2.11. The number of hydrogen-bond acceptors (Lipinski definition) is 3. The fourth-order valence-corrected chi connectivity index (χ4v) is 1.91. The molecule has 5 heteroatoms. The smallest absolute Gasteiger partial charge is 0.189 e. The van der Waals surface area contributed by atoms with Crippen LogP contribution in [0.2, 0.25) is 0 Å². The number of guanidine groups is 1. The molecular formula is C10H18N4S. The largest absolute Gasteiger partial charge is 0.370 e. The molecule has 4 nitrogen and oxygen atoms in total. The van der Waals surface area contributed by atoms with E-state index in [-0.39, 0.29) is 6.04 Å². The molecule has 0 saturated heterocycles. The zero-order valence-corrected chi connectivity index (χ0v) is 10.3. The summed E-state index contributed by atoms with van der Waals surface area (Å²) < 4.78 is 0. The van der Waals surface area contributed by atoms with E-state index < -0.39 is 0 Å². The Balaban J connectivity index is 2.52. The van der Waals surface area contributed by atoms with E-state index in [9.17, 15) is 0 Å². The molecule has 1 atom stereocenters. The van der Waals surface area contributed by atoms with E-state index in [0.29, 0.717) is 5.96 Å². The highest BCUT2D eigenvalue weighted by molar-refractivity contribution is 7.11. The number of hydrogen-bond donors (Lipinski definition) is 2. The Kier molecular flexibility index (Phi) is 4.55. The van der Waals surface area contributed by atoms with Crippen molar-refractivity contribution in [2.24, 2.45) is 10.7 Å². The molecule has 15 heavy (non-hydrogen) atoms. The Labute approximate surface area is 94.6 Å². The molecule has 1 heterocycles. The third kappa shape index (κ3) is 3.87. The molecule has 0 aliphatic heterocycles. The lowest BCUT2D eigenvalue weighted by Crippen LogP contribution is -2.33. The Morgan fingerprint density at radius 3 is 3.00 bits per heavy atom. The summed E-state index contributed by atoms with van der Waals surface area (Å²) in [6, 6.07) is 0.129. The molecule has 0 aromatic carbocycles. The van der Waals surface area contributed by atoms with E-state index in [0.717, 1.165) is 18.0 Å². The van der Waals surface area contributed by atoms with E-state index in [4.69, 9.17) is 5.73 Å². The van der Waals surface area contributed by atoms with Crippen molar-refractivity contribution >= 4 is 17.3 Å². The van der Waals surface area contributed by atoms with Crippen molar-refractivity contribution in [2.45, 2.75) is 33.2 Å². The van der Waals surface area contributed by atoms with Gasteiger partial charge < -0.3 is 11.1 Å². The summed E-state index contributed by atoms with van der Waals surface area (Å²) in [6.07, 6.45) is 2.88. The quantitative estimate of drug-likeness (QED) is 0.608. The van der Waals surface area contributed by atoms with Gasteiger partial charge in [-0.15, -0.1) is 11.3 Å². The number of thiazole rings is 1. The van der Waals surface area contributed by atoms with Crippen LogP contribution in [0.25, 0.3) is 0 Å². The lowest BCUT2D eigenvalue weighted by molar-refractivity contribution is 0.700. The Hall–Kier alpha value is -1.10. The van der Waals surface area contributed by atoms with Crippen LogP contribution in [-0.2, 0) is 0 Å². The predicted molar refractivity (Wildman–Crippen MR) is 65.2 cm³/mol. The molecule has 1 rings (SSSR count). The van der Waals surface area contributed by atoms with Crippen LogP contribution in [0.4, 0.5) is 0 Å². The van der Waals surface area contributed by atoms with Crippen LogP contribution in [0.5, 0.6) is 0 Å². The zero-order chi connectivity index (χ0) is 11.3. The van der Waals surface area contributed by atoms with Crippen LogP contribution < -0.4 is 11.1 Å². The van der Waals surface area contributed by atoms with Crippen molar-refractivity contribution in [3.8, 4) is 0 Å². The number of nitrogens with one attached hydrogen (secondary N) is 1. The van der Waals surface area contributed by atoms with Crippen molar-refractivity contribution in [1.82, 2.24) is 10.3 Å². The third-order valence-corrected chi connectivity index (χ3v) is 2.98. The summed E-state index contributed by atoms with van der Waals surface area (Å²) in [4.78, 5) is 9.68. The first-order chi connectivity index (χ1) is 7.13. The number of rotatable bonds is 4. The molecule has 0 bridgehead atoms. The summed E-state index contributed by atoms with van der Waals surface area (Å²) >= 11 is 1.68. The summed E-state index contributed by atoms with van der Waals surface area (Å²) in [6.45, 7) is 6.92. The second-order valence-electron chi connectivity index (χ2n) is 3.44. The maximum atomic E-state index is 5.72. The van der Waals surface area contributed by atoms with Crippen LogP contribution >= 0.6 is 11.3 Å². The van der Waals surface area contributed by atoms with E-state index >= 15 is 0 Å². The second-order valence-corrected chi connectivity index (χ2v) is 4.71. The van der Waals surface area contributed by atoms with E-state index in [1.54, 1.807) is 11.3 Å². The van der Waals surface area contributed by atoms with Gasteiger partial charge in [0.25, 0.3) is 0 Å². The summed E-state index contributed by atoms with van der Waals surface area (Å²) in [5, 5.41) is 4.16. The molecule has 0 saturated carbocycles. The average Bonchev–Trinajstić information content (AvgIpc) is 2.61. The molecule has 3 N–H and O–H groups in total. The topological polar surface area (TPSA) is 63.3 Å². The first-order valence-corrected chi connectivity index (χ1v) is 5.94. The minimum absolute atomic E-state index is 0.129. The summed E-state index contributed by atoms with van der Waals surface area (Å²) in [7, 11) is 0. The molecule has 0 aliphatic rings. The van der Waals surface area contributed by atoms with Gasteiger partial charge in [-0.2, -0.15) is 0 Å². The van der Waals surface area contributed by atoms with Crippen molar-refractivity contribution in [3.63, 3.8) is 0 Å². The minimum atomic E-state index is 0.129. The first kappa shape index (κ1) is 12.0. The normalized spacial score (nSPS) is 13.9. The van der Waals surface area contributed by atoms with Crippen LogP contribution in [-0.4, -0.2) is 17.5 Å². The Morgan fingerprint density at radius 2 is 2.47 bits per heavy atom. The van der Waals surface area contributed by atoms with Gasteiger partial charge in [0.1, 0.15) is 5.01 Å². The summed E-state index contributed by atoms with van der Waals surface area (Å²) in [5.74, 6) is 0.497. The van der Waals surface area contributed by atoms with Gasteiger partial charge in [-0.3, -0.25) is 4.99 Å². The van der Waals surface area contributed by atoms with Gasteiger partial charge >= 0.3 is 0 Å². The highest BCUT2D eigenvalue weighted by Gasteiger charge is 2.09. The third-order valence-electron chi connectivity index (χ3n) is 1.88. The lowest BCUT2D eigenvalue weighted by atomic mass is 10.3. The molecule has 0 amide bonds. The van der Waals surface area contributed by atoms with Gasteiger partial charge in [0.15, 0.2) is 5.96 Å². The molecule has 0 fully saturated rings.